The number of allylic oxidation sites excluding steroid dienone is 1. The summed E-state index contributed by atoms with van der Waals surface area (Å²) in [5.74, 6) is 0.0442. The van der Waals surface area contributed by atoms with Crippen LogP contribution in [-0.2, 0) is 4.79 Å². The van der Waals surface area contributed by atoms with Gasteiger partial charge in [-0.25, -0.2) is 4.79 Å². The summed E-state index contributed by atoms with van der Waals surface area (Å²) >= 11 is 0. The van der Waals surface area contributed by atoms with Crippen LogP contribution in [0.25, 0.3) is 0 Å². The van der Waals surface area contributed by atoms with Gasteiger partial charge in [-0.2, -0.15) is 0 Å². The Morgan fingerprint density at radius 1 is 1.62 bits per heavy atom. The molecule has 0 aliphatic heterocycles. The Kier molecular flexibility index (Phi) is 6.59. The first-order valence-corrected chi connectivity index (χ1v) is 6.98. The third-order valence-electron chi connectivity index (χ3n) is 2.39. The van der Waals surface area contributed by atoms with Gasteiger partial charge in [0, 0.05) is 15.1 Å². The maximum absolute atomic E-state index is 10.4. The quantitative estimate of drug-likeness (QED) is 0.405. The van der Waals surface area contributed by atoms with Crippen LogP contribution in [0.1, 0.15) is 27.2 Å². The minimum Gasteiger partial charge on any atom is -0.478 e. The first-order chi connectivity index (χ1) is 6.07. The molecule has 0 aromatic heterocycles. The largest absolute Gasteiger partial charge is 0.478 e. The lowest BCUT2D eigenvalue weighted by Crippen LogP contribution is -1.99. The van der Waals surface area contributed by atoms with E-state index in [1.807, 2.05) is 6.08 Å². The molecule has 1 N–H and O–H groups in total. The van der Waals surface area contributed by atoms with Gasteiger partial charge in [-0.3, -0.25) is 0 Å². The highest BCUT2D eigenvalue weighted by molar-refractivity contribution is 6.36. The van der Waals surface area contributed by atoms with Crippen molar-refractivity contribution in [3.05, 3.63) is 11.6 Å². The second kappa shape index (κ2) is 6.89. The Balaban J connectivity index is 3.55. The van der Waals surface area contributed by atoms with Crippen LogP contribution in [0.3, 0.4) is 0 Å². The van der Waals surface area contributed by atoms with Crippen molar-refractivity contribution in [2.24, 2.45) is 5.92 Å². The Morgan fingerprint density at radius 2 is 2.23 bits per heavy atom. The van der Waals surface area contributed by atoms with Crippen molar-refractivity contribution in [2.45, 2.75) is 39.3 Å². The zero-order valence-corrected chi connectivity index (χ0v) is 10.3. The monoisotopic (exact) mass is 200 g/mol. The molecule has 13 heavy (non-hydrogen) atoms. The van der Waals surface area contributed by atoms with Gasteiger partial charge in [0.15, 0.2) is 0 Å². The lowest BCUT2D eigenvalue weighted by atomic mass is 10.2. The molecule has 0 bridgehead atoms. The topological polar surface area (TPSA) is 37.3 Å². The zero-order valence-electron chi connectivity index (χ0n) is 8.84. The number of aliphatic carboxylic acids is 1. The standard InChI is InChI=1S/C10H20O2Si/c1-4-8(2)7-13-6-5-9(3)10(11)12/h5,8H,4,6-7,13H2,1-3H3,(H,11,12). The average Bonchev–Trinajstić information content (AvgIpc) is 2.11. The van der Waals surface area contributed by atoms with Crippen LogP contribution in [0, 0.1) is 5.92 Å². The second-order valence-electron chi connectivity index (χ2n) is 3.64. The van der Waals surface area contributed by atoms with Gasteiger partial charge in [-0.15, -0.1) is 0 Å². The fourth-order valence-corrected chi connectivity index (χ4v) is 3.05. The molecule has 0 saturated heterocycles. The summed E-state index contributed by atoms with van der Waals surface area (Å²) in [4.78, 5) is 10.4. The van der Waals surface area contributed by atoms with Gasteiger partial charge >= 0.3 is 5.97 Å². The fraction of sp³-hybridized carbons (Fsp3) is 0.700. The summed E-state index contributed by atoms with van der Waals surface area (Å²) in [6, 6.07) is 2.36. The minimum atomic E-state index is -0.780. The van der Waals surface area contributed by atoms with Crippen molar-refractivity contribution < 1.29 is 9.90 Å². The van der Waals surface area contributed by atoms with E-state index in [0.29, 0.717) is 5.57 Å². The van der Waals surface area contributed by atoms with Crippen molar-refractivity contribution >= 4 is 15.5 Å². The van der Waals surface area contributed by atoms with Gasteiger partial charge in [0.25, 0.3) is 0 Å². The third kappa shape index (κ3) is 6.58. The maximum Gasteiger partial charge on any atom is 0.330 e. The summed E-state index contributed by atoms with van der Waals surface area (Å²) in [5, 5.41) is 8.58. The number of carboxylic acid groups (broad SMARTS) is 1. The molecule has 76 valence electrons. The molecule has 0 aliphatic carbocycles. The van der Waals surface area contributed by atoms with Gasteiger partial charge in [-0.1, -0.05) is 32.4 Å². The van der Waals surface area contributed by atoms with Crippen LogP contribution in [0.4, 0.5) is 0 Å². The minimum absolute atomic E-state index is 0.0616. The SMILES string of the molecule is CCC(C)C[SiH2]CC=C(C)C(=O)O. The lowest BCUT2D eigenvalue weighted by molar-refractivity contribution is -0.132. The van der Waals surface area contributed by atoms with Gasteiger partial charge in [0.05, 0.1) is 0 Å². The molecule has 0 rings (SSSR count). The first kappa shape index (κ1) is 12.4. The molecule has 0 spiro atoms. The summed E-state index contributed by atoms with van der Waals surface area (Å²) in [6.45, 7) is 6.14. The average molecular weight is 200 g/mol. The van der Waals surface area contributed by atoms with E-state index in [4.69, 9.17) is 5.11 Å². The maximum atomic E-state index is 10.4. The molecule has 1 unspecified atom stereocenters. The zero-order chi connectivity index (χ0) is 10.3. The number of rotatable bonds is 6. The first-order valence-electron chi connectivity index (χ1n) is 4.98. The highest BCUT2D eigenvalue weighted by atomic mass is 28.2. The number of carboxylic acids is 1. The van der Waals surface area contributed by atoms with E-state index in [1.54, 1.807) is 6.92 Å². The molecule has 0 radical (unpaired) electrons. The van der Waals surface area contributed by atoms with Crippen molar-refractivity contribution in [1.29, 1.82) is 0 Å². The molecule has 0 aliphatic rings. The van der Waals surface area contributed by atoms with E-state index in [1.165, 1.54) is 12.5 Å². The van der Waals surface area contributed by atoms with Crippen molar-refractivity contribution in [3.8, 4) is 0 Å². The van der Waals surface area contributed by atoms with Crippen LogP contribution in [-0.4, -0.2) is 20.6 Å². The molecule has 1 atom stereocenters. The fourth-order valence-electron chi connectivity index (χ4n) is 1.08. The van der Waals surface area contributed by atoms with Crippen molar-refractivity contribution in [1.82, 2.24) is 0 Å². The summed E-state index contributed by atoms with van der Waals surface area (Å²) < 4.78 is 0. The van der Waals surface area contributed by atoms with Gasteiger partial charge in [-0.05, 0) is 18.9 Å². The Labute approximate surface area is 82.9 Å². The van der Waals surface area contributed by atoms with Gasteiger partial charge < -0.3 is 5.11 Å². The third-order valence-corrected chi connectivity index (χ3v) is 4.48. The Morgan fingerprint density at radius 3 is 2.69 bits per heavy atom. The summed E-state index contributed by atoms with van der Waals surface area (Å²) in [7, 11) is -0.0616. The van der Waals surface area contributed by atoms with E-state index < -0.39 is 5.97 Å². The van der Waals surface area contributed by atoms with Gasteiger partial charge in [0.1, 0.15) is 0 Å². The highest BCUT2D eigenvalue weighted by Gasteiger charge is 2.00. The molecule has 3 heteroatoms. The second-order valence-corrected chi connectivity index (χ2v) is 5.50. The van der Waals surface area contributed by atoms with Crippen LogP contribution in [0.2, 0.25) is 12.1 Å². The normalized spacial score (nSPS) is 15.2. The molecule has 0 heterocycles. The molecular weight excluding hydrogens is 180 g/mol. The van der Waals surface area contributed by atoms with Gasteiger partial charge in [0.2, 0.25) is 0 Å². The smallest absolute Gasteiger partial charge is 0.330 e. The molecule has 0 fully saturated rings. The van der Waals surface area contributed by atoms with E-state index in [2.05, 4.69) is 13.8 Å². The number of hydrogen-bond acceptors (Lipinski definition) is 1. The van der Waals surface area contributed by atoms with Crippen LogP contribution < -0.4 is 0 Å². The number of hydrogen-bond donors (Lipinski definition) is 1. The van der Waals surface area contributed by atoms with Crippen molar-refractivity contribution in [2.75, 3.05) is 0 Å². The van der Waals surface area contributed by atoms with Crippen molar-refractivity contribution in [3.63, 3.8) is 0 Å². The molecule has 0 saturated carbocycles. The summed E-state index contributed by atoms with van der Waals surface area (Å²) in [6.07, 6.45) is 3.12. The van der Waals surface area contributed by atoms with E-state index in [9.17, 15) is 4.79 Å². The predicted octanol–water partition coefficient (Wildman–Crippen LogP) is 2.07. The molecule has 0 aromatic rings. The highest BCUT2D eigenvalue weighted by Crippen LogP contribution is 2.07. The van der Waals surface area contributed by atoms with E-state index >= 15 is 0 Å². The van der Waals surface area contributed by atoms with E-state index in [-0.39, 0.29) is 9.52 Å². The molecule has 0 amide bonds. The predicted molar refractivity (Wildman–Crippen MR) is 59.0 cm³/mol. The van der Waals surface area contributed by atoms with Crippen LogP contribution in [0.15, 0.2) is 11.6 Å². The van der Waals surface area contributed by atoms with E-state index in [0.717, 1.165) is 12.0 Å². The molecular formula is C10H20O2Si. The Hall–Kier alpha value is -0.573. The molecule has 0 aromatic carbocycles. The Bertz CT molecular complexity index is 187. The lowest BCUT2D eigenvalue weighted by Gasteiger charge is -2.05. The van der Waals surface area contributed by atoms with Crippen LogP contribution >= 0.6 is 0 Å². The molecule has 2 nitrogen and oxygen atoms in total. The van der Waals surface area contributed by atoms with Crippen LogP contribution in [0.5, 0.6) is 0 Å². The number of carbonyl (C=O) groups is 1. The summed E-state index contributed by atoms with van der Waals surface area (Å²) in [5.41, 5.74) is 0.497.